The summed E-state index contributed by atoms with van der Waals surface area (Å²) in [6.07, 6.45) is 2.89. The van der Waals surface area contributed by atoms with E-state index in [0.29, 0.717) is 70.2 Å². The van der Waals surface area contributed by atoms with Gasteiger partial charge in [0, 0.05) is 21.2 Å². The summed E-state index contributed by atoms with van der Waals surface area (Å²) in [5, 5.41) is 1.29. The zero-order valence-corrected chi connectivity index (χ0v) is 24.2. The number of carbonyl (C=O) groups is 2. The molecule has 42 heavy (non-hydrogen) atoms. The van der Waals surface area contributed by atoms with Crippen LogP contribution in [-0.2, 0) is 22.8 Å². The third-order valence-corrected chi connectivity index (χ3v) is 8.13. The van der Waals surface area contributed by atoms with E-state index in [4.69, 9.17) is 42.1 Å². The Hall–Kier alpha value is -4.00. The average Bonchev–Trinajstić information content (AvgIpc) is 3.01. The Bertz CT molecular complexity index is 1480. The Labute approximate surface area is 254 Å². The largest absolute Gasteiger partial charge is 0.489 e. The highest BCUT2D eigenvalue weighted by Gasteiger charge is 2.39. The highest BCUT2D eigenvalue weighted by atomic mass is 35.5. The maximum atomic E-state index is 13.4. The van der Waals surface area contributed by atoms with Gasteiger partial charge in [0.25, 0.3) is 0 Å². The summed E-state index contributed by atoms with van der Waals surface area (Å²) in [5.41, 5.74) is 2.99. The van der Waals surface area contributed by atoms with Crippen molar-refractivity contribution in [2.24, 2.45) is 11.8 Å². The van der Waals surface area contributed by atoms with Gasteiger partial charge in [-0.15, -0.1) is 0 Å². The van der Waals surface area contributed by atoms with Gasteiger partial charge >= 0.3 is 11.9 Å². The van der Waals surface area contributed by atoms with Gasteiger partial charge in [-0.3, -0.25) is 9.59 Å². The lowest BCUT2D eigenvalue weighted by molar-refractivity contribution is -0.152. The molecule has 0 saturated heterocycles. The third kappa shape index (κ3) is 6.40. The molecule has 0 amide bonds. The average molecular weight is 603 g/mol. The maximum Gasteiger partial charge on any atom is 0.315 e. The maximum absolute atomic E-state index is 13.4. The summed E-state index contributed by atoms with van der Waals surface area (Å²) in [4.78, 5) is 26.7. The van der Waals surface area contributed by atoms with E-state index in [1.807, 2.05) is 24.3 Å². The van der Waals surface area contributed by atoms with E-state index in [1.54, 1.807) is 60.7 Å². The summed E-state index contributed by atoms with van der Waals surface area (Å²) >= 11 is 12.0. The summed E-state index contributed by atoms with van der Waals surface area (Å²) in [6.45, 7) is 0.622. The number of esters is 2. The van der Waals surface area contributed by atoms with E-state index in [9.17, 15) is 9.59 Å². The number of hydrogen-bond donors (Lipinski definition) is 0. The van der Waals surface area contributed by atoms with Gasteiger partial charge in [-0.05, 0) is 84.6 Å². The predicted octanol–water partition coefficient (Wildman–Crippen LogP) is 8.45. The summed E-state index contributed by atoms with van der Waals surface area (Å²) < 4.78 is 24.1. The second kappa shape index (κ2) is 12.5. The van der Waals surface area contributed by atoms with Crippen LogP contribution in [0.15, 0.2) is 84.9 Å². The van der Waals surface area contributed by atoms with Crippen molar-refractivity contribution in [3.05, 3.63) is 106 Å². The normalized spacial score (nSPS) is 18.0. The minimum atomic E-state index is -0.552. The Kier molecular flexibility index (Phi) is 8.36. The highest BCUT2D eigenvalue weighted by molar-refractivity contribution is 6.30. The van der Waals surface area contributed by atoms with E-state index >= 15 is 0 Å². The van der Waals surface area contributed by atoms with Crippen LogP contribution in [0.3, 0.4) is 0 Å². The third-order valence-electron chi connectivity index (χ3n) is 7.62. The first-order valence-electron chi connectivity index (χ1n) is 13.9. The molecule has 1 aliphatic carbocycles. The van der Waals surface area contributed by atoms with Crippen LogP contribution < -0.4 is 18.9 Å². The van der Waals surface area contributed by atoms with Crippen molar-refractivity contribution in [2.75, 3.05) is 0 Å². The lowest BCUT2D eigenvalue weighted by Crippen LogP contribution is -2.37. The molecule has 0 N–H and O–H groups in total. The smallest absolute Gasteiger partial charge is 0.315 e. The van der Waals surface area contributed by atoms with Gasteiger partial charge in [-0.25, -0.2) is 0 Å². The second-order valence-electron chi connectivity index (χ2n) is 10.5. The highest BCUT2D eigenvalue weighted by Crippen LogP contribution is 2.44. The first kappa shape index (κ1) is 28.1. The number of carbonyl (C=O) groups excluding carboxylic acids is 2. The minimum Gasteiger partial charge on any atom is -0.489 e. The quantitative estimate of drug-likeness (QED) is 0.163. The molecule has 8 heteroatoms. The van der Waals surface area contributed by atoms with Crippen molar-refractivity contribution in [2.45, 2.75) is 38.9 Å². The van der Waals surface area contributed by atoms with Gasteiger partial charge in [0.1, 0.15) is 36.2 Å². The predicted molar refractivity (Wildman–Crippen MR) is 160 cm³/mol. The van der Waals surface area contributed by atoms with Crippen molar-refractivity contribution in [1.82, 2.24) is 0 Å². The van der Waals surface area contributed by atoms with Gasteiger partial charge in [-0.1, -0.05) is 60.3 Å². The van der Waals surface area contributed by atoms with Gasteiger partial charge in [0.15, 0.2) is 0 Å². The molecule has 0 aromatic heterocycles. The Morgan fingerprint density at radius 3 is 1.40 bits per heavy atom. The Morgan fingerprint density at radius 1 is 0.595 bits per heavy atom. The fraction of sp³-hybridized carbons (Fsp3) is 0.235. The molecule has 0 unspecified atom stereocenters. The molecule has 0 spiro atoms. The standard InChI is InChI=1S/C34H28Cl2O6/c35-23-9-5-21(6-10-23)19-39-25-13-15-31-29(17-25)30-18-26(40-20-22-7-11-24(36)12-8-22)14-16-32(30)42-34(38)28-4-2-1-3-27(28)33(37)41-31/h5-18,27-28H,1-4,19-20H2/t27-,28-/m0/s1. The SMILES string of the molecule is O=C1Oc2ccc(OCc3ccc(Cl)cc3)cc2-c2cc(OCc3ccc(Cl)cc3)ccc2OC(=O)[C@H]2CCCC[C@H]12. The number of fused-ring (bicyclic) bond motifs is 4. The van der Waals surface area contributed by atoms with Crippen LogP contribution in [0.1, 0.15) is 36.8 Å². The zero-order valence-electron chi connectivity index (χ0n) is 22.7. The summed E-state index contributed by atoms with van der Waals surface area (Å²) in [5.74, 6) is -0.131. The summed E-state index contributed by atoms with van der Waals surface area (Å²) in [7, 11) is 0. The Morgan fingerprint density at radius 2 is 1.00 bits per heavy atom. The van der Waals surface area contributed by atoms with Crippen molar-refractivity contribution < 1.29 is 28.5 Å². The van der Waals surface area contributed by atoms with Crippen LogP contribution >= 0.6 is 23.2 Å². The van der Waals surface area contributed by atoms with Crippen LogP contribution in [0.2, 0.25) is 10.0 Å². The molecule has 1 fully saturated rings. The van der Waals surface area contributed by atoms with E-state index in [2.05, 4.69) is 0 Å². The number of benzene rings is 4. The van der Waals surface area contributed by atoms with Crippen molar-refractivity contribution >= 4 is 35.1 Å². The Balaban J connectivity index is 1.36. The van der Waals surface area contributed by atoms with Gasteiger partial charge < -0.3 is 18.9 Å². The molecular weight excluding hydrogens is 575 g/mol. The molecule has 6 nitrogen and oxygen atoms in total. The van der Waals surface area contributed by atoms with Crippen molar-refractivity contribution in [3.63, 3.8) is 0 Å². The molecule has 4 aromatic rings. The molecule has 2 atom stereocenters. The molecule has 2 aliphatic rings. The first-order valence-corrected chi connectivity index (χ1v) is 14.6. The van der Waals surface area contributed by atoms with Crippen molar-refractivity contribution in [1.29, 1.82) is 0 Å². The molecule has 214 valence electrons. The van der Waals surface area contributed by atoms with E-state index < -0.39 is 23.8 Å². The van der Waals surface area contributed by atoms with Gasteiger partial charge in [0.2, 0.25) is 0 Å². The summed E-state index contributed by atoms with van der Waals surface area (Å²) in [6, 6.07) is 25.3. The molecule has 0 bridgehead atoms. The topological polar surface area (TPSA) is 71.1 Å². The van der Waals surface area contributed by atoms with E-state index in [0.717, 1.165) is 24.0 Å². The molecule has 0 radical (unpaired) electrons. The lowest BCUT2D eigenvalue weighted by Gasteiger charge is -2.30. The monoisotopic (exact) mass is 602 g/mol. The zero-order chi connectivity index (χ0) is 29.1. The lowest BCUT2D eigenvalue weighted by atomic mass is 9.79. The number of halogens is 2. The number of rotatable bonds is 6. The van der Waals surface area contributed by atoms with Crippen LogP contribution in [0.25, 0.3) is 11.1 Å². The molecule has 1 aliphatic heterocycles. The van der Waals surface area contributed by atoms with E-state index in [1.165, 1.54) is 0 Å². The van der Waals surface area contributed by atoms with Gasteiger partial charge in [-0.2, -0.15) is 0 Å². The molecule has 1 heterocycles. The van der Waals surface area contributed by atoms with Crippen LogP contribution in [0.5, 0.6) is 23.0 Å². The molecule has 6 rings (SSSR count). The number of hydrogen-bond acceptors (Lipinski definition) is 6. The van der Waals surface area contributed by atoms with Crippen LogP contribution in [0, 0.1) is 11.8 Å². The molecule has 1 saturated carbocycles. The fourth-order valence-corrected chi connectivity index (χ4v) is 5.61. The minimum absolute atomic E-state index is 0.311. The molecular formula is C34H28Cl2O6. The van der Waals surface area contributed by atoms with E-state index in [-0.39, 0.29) is 0 Å². The van der Waals surface area contributed by atoms with Crippen molar-refractivity contribution in [3.8, 4) is 34.1 Å². The van der Waals surface area contributed by atoms with Crippen LogP contribution in [0.4, 0.5) is 0 Å². The fourth-order valence-electron chi connectivity index (χ4n) is 5.35. The second-order valence-corrected chi connectivity index (χ2v) is 11.4. The van der Waals surface area contributed by atoms with Crippen LogP contribution in [-0.4, -0.2) is 11.9 Å². The van der Waals surface area contributed by atoms with Gasteiger partial charge in [0.05, 0.1) is 11.8 Å². The first-order chi connectivity index (χ1) is 20.4. The molecule has 4 aromatic carbocycles. The number of ether oxygens (including phenoxy) is 4.